The highest BCUT2D eigenvalue weighted by atomic mass is 16.5. The molecular weight excluding hydrogens is 322 g/mol. The van der Waals surface area contributed by atoms with E-state index in [2.05, 4.69) is 5.32 Å². The average Bonchev–Trinajstić information content (AvgIpc) is 2.65. The van der Waals surface area contributed by atoms with E-state index in [1.165, 1.54) is 0 Å². The summed E-state index contributed by atoms with van der Waals surface area (Å²) in [6.07, 6.45) is 0. The summed E-state index contributed by atoms with van der Waals surface area (Å²) in [4.78, 5) is 11.9. The third-order valence-electron chi connectivity index (χ3n) is 3.44. The second-order valence-electron chi connectivity index (χ2n) is 5.16. The topological polar surface area (TPSA) is 66.0 Å². The van der Waals surface area contributed by atoms with Crippen molar-refractivity contribution in [3.8, 4) is 23.0 Å². The summed E-state index contributed by atoms with van der Waals surface area (Å²) in [6.45, 7) is 2.86. The maximum Gasteiger partial charge on any atom is 0.258 e. The van der Waals surface area contributed by atoms with Crippen molar-refractivity contribution in [3.63, 3.8) is 0 Å². The minimum Gasteiger partial charge on any atom is -0.494 e. The van der Waals surface area contributed by atoms with Crippen molar-refractivity contribution >= 4 is 5.91 Å². The van der Waals surface area contributed by atoms with Crippen LogP contribution in [0.1, 0.15) is 12.5 Å². The predicted octanol–water partition coefficient (Wildman–Crippen LogP) is 2.80. The van der Waals surface area contributed by atoms with Crippen LogP contribution in [-0.2, 0) is 11.3 Å². The number of rotatable bonds is 9. The van der Waals surface area contributed by atoms with E-state index >= 15 is 0 Å². The first kappa shape index (κ1) is 18.4. The van der Waals surface area contributed by atoms with Gasteiger partial charge in [-0.15, -0.1) is 0 Å². The lowest BCUT2D eigenvalue weighted by Gasteiger charge is -2.11. The van der Waals surface area contributed by atoms with E-state index in [1.807, 2.05) is 19.1 Å². The Kier molecular flexibility index (Phi) is 6.95. The van der Waals surface area contributed by atoms with Crippen LogP contribution in [0.5, 0.6) is 23.0 Å². The first-order valence-electron chi connectivity index (χ1n) is 7.99. The number of methoxy groups -OCH3 is 2. The van der Waals surface area contributed by atoms with E-state index in [9.17, 15) is 4.79 Å². The van der Waals surface area contributed by atoms with Crippen LogP contribution >= 0.6 is 0 Å². The number of hydrogen-bond acceptors (Lipinski definition) is 5. The van der Waals surface area contributed by atoms with Crippen molar-refractivity contribution in [1.82, 2.24) is 5.32 Å². The molecule has 2 aromatic carbocycles. The van der Waals surface area contributed by atoms with Crippen LogP contribution in [0.4, 0.5) is 0 Å². The number of carbonyl (C=O) groups excluding carboxylic acids is 1. The fourth-order valence-corrected chi connectivity index (χ4v) is 2.19. The van der Waals surface area contributed by atoms with Gasteiger partial charge in [0.1, 0.15) is 11.5 Å². The minimum atomic E-state index is -0.205. The van der Waals surface area contributed by atoms with Crippen LogP contribution < -0.4 is 24.3 Å². The van der Waals surface area contributed by atoms with E-state index in [-0.39, 0.29) is 12.5 Å². The molecule has 0 aliphatic rings. The molecular formula is C19H23NO5. The highest BCUT2D eigenvalue weighted by molar-refractivity contribution is 5.77. The summed E-state index contributed by atoms with van der Waals surface area (Å²) >= 11 is 0. The van der Waals surface area contributed by atoms with Gasteiger partial charge in [-0.1, -0.05) is 6.07 Å². The van der Waals surface area contributed by atoms with Crippen LogP contribution in [0.2, 0.25) is 0 Å². The van der Waals surface area contributed by atoms with Crippen LogP contribution in [-0.4, -0.2) is 33.3 Å². The Morgan fingerprint density at radius 2 is 1.56 bits per heavy atom. The lowest BCUT2D eigenvalue weighted by molar-refractivity contribution is -0.123. The molecule has 134 valence electrons. The third kappa shape index (κ3) is 5.60. The molecule has 0 aliphatic carbocycles. The van der Waals surface area contributed by atoms with Crippen LogP contribution in [0.3, 0.4) is 0 Å². The molecule has 6 nitrogen and oxygen atoms in total. The molecule has 0 saturated heterocycles. The molecule has 0 unspecified atom stereocenters. The standard InChI is InChI=1S/C19H23NO5/c1-4-24-15-6-8-16(9-7-15)25-13-19(21)20-12-14-5-10-17(22-2)18(11-14)23-3/h5-11H,4,12-13H2,1-3H3,(H,20,21). The number of nitrogens with one attached hydrogen (secondary N) is 1. The summed E-state index contributed by atoms with van der Waals surface area (Å²) in [5.74, 6) is 2.46. The third-order valence-corrected chi connectivity index (χ3v) is 3.44. The maximum atomic E-state index is 11.9. The monoisotopic (exact) mass is 345 g/mol. The first-order valence-corrected chi connectivity index (χ1v) is 7.99. The Morgan fingerprint density at radius 1 is 0.920 bits per heavy atom. The number of hydrogen-bond donors (Lipinski definition) is 1. The van der Waals surface area contributed by atoms with E-state index in [1.54, 1.807) is 44.6 Å². The Hall–Kier alpha value is -2.89. The van der Waals surface area contributed by atoms with Crippen molar-refractivity contribution in [2.24, 2.45) is 0 Å². The van der Waals surface area contributed by atoms with Gasteiger partial charge >= 0.3 is 0 Å². The van der Waals surface area contributed by atoms with Crippen LogP contribution in [0.25, 0.3) is 0 Å². The number of ether oxygens (including phenoxy) is 4. The molecule has 0 radical (unpaired) electrons. The maximum absolute atomic E-state index is 11.9. The van der Waals surface area contributed by atoms with Gasteiger partial charge in [-0.2, -0.15) is 0 Å². The molecule has 2 aromatic rings. The van der Waals surface area contributed by atoms with Gasteiger partial charge in [0.25, 0.3) is 5.91 Å². The number of benzene rings is 2. The smallest absolute Gasteiger partial charge is 0.258 e. The van der Waals surface area contributed by atoms with Crippen molar-refractivity contribution in [2.75, 3.05) is 27.4 Å². The fourth-order valence-electron chi connectivity index (χ4n) is 2.19. The largest absolute Gasteiger partial charge is 0.494 e. The fraction of sp³-hybridized carbons (Fsp3) is 0.316. The summed E-state index contributed by atoms with van der Waals surface area (Å²) in [5, 5.41) is 2.80. The molecule has 1 N–H and O–H groups in total. The summed E-state index contributed by atoms with van der Waals surface area (Å²) in [6, 6.07) is 12.7. The Bertz CT molecular complexity index is 685. The quantitative estimate of drug-likeness (QED) is 0.757. The molecule has 6 heteroatoms. The molecule has 25 heavy (non-hydrogen) atoms. The molecule has 0 spiro atoms. The lowest BCUT2D eigenvalue weighted by Crippen LogP contribution is -2.28. The van der Waals surface area contributed by atoms with Gasteiger partial charge < -0.3 is 24.3 Å². The molecule has 0 heterocycles. The molecule has 0 aliphatic heterocycles. The Morgan fingerprint density at radius 3 is 2.16 bits per heavy atom. The van der Waals surface area contributed by atoms with Gasteiger partial charge in [-0.3, -0.25) is 4.79 Å². The van der Waals surface area contributed by atoms with Crippen molar-refractivity contribution < 1.29 is 23.7 Å². The lowest BCUT2D eigenvalue weighted by atomic mass is 10.2. The van der Waals surface area contributed by atoms with E-state index < -0.39 is 0 Å². The number of amides is 1. The van der Waals surface area contributed by atoms with Crippen molar-refractivity contribution in [2.45, 2.75) is 13.5 Å². The van der Waals surface area contributed by atoms with Gasteiger partial charge in [0, 0.05) is 6.54 Å². The second kappa shape index (κ2) is 9.42. The van der Waals surface area contributed by atoms with E-state index in [4.69, 9.17) is 18.9 Å². The van der Waals surface area contributed by atoms with Crippen LogP contribution in [0, 0.1) is 0 Å². The number of carbonyl (C=O) groups is 1. The zero-order chi connectivity index (χ0) is 18.1. The average molecular weight is 345 g/mol. The zero-order valence-corrected chi connectivity index (χ0v) is 14.7. The van der Waals surface area contributed by atoms with Crippen molar-refractivity contribution in [1.29, 1.82) is 0 Å². The molecule has 0 aromatic heterocycles. The molecule has 0 fully saturated rings. The highest BCUT2D eigenvalue weighted by Gasteiger charge is 2.07. The molecule has 0 saturated carbocycles. The normalized spacial score (nSPS) is 10.0. The Balaban J connectivity index is 1.80. The van der Waals surface area contributed by atoms with Gasteiger partial charge in [0.05, 0.1) is 20.8 Å². The minimum absolute atomic E-state index is 0.0543. The van der Waals surface area contributed by atoms with E-state index in [0.717, 1.165) is 11.3 Å². The molecule has 0 atom stereocenters. The molecule has 1 amide bonds. The zero-order valence-electron chi connectivity index (χ0n) is 14.7. The van der Waals surface area contributed by atoms with E-state index in [0.29, 0.717) is 30.4 Å². The SMILES string of the molecule is CCOc1ccc(OCC(=O)NCc2ccc(OC)c(OC)c2)cc1. The summed E-state index contributed by atoms with van der Waals surface area (Å²) < 4.78 is 21.2. The summed E-state index contributed by atoms with van der Waals surface area (Å²) in [5.41, 5.74) is 0.909. The first-order chi connectivity index (χ1) is 12.2. The molecule has 2 rings (SSSR count). The highest BCUT2D eigenvalue weighted by Crippen LogP contribution is 2.27. The van der Waals surface area contributed by atoms with Gasteiger partial charge in [-0.25, -0.2) is 0 Å². The predicted molar refractivity (Wildman–Crippen MR) is 94.5 cm³/mol. The van der Waals surface area contributed by atoms with Crippen molar-refractivity contribution in [3.05, 3.63) is 48.0 Å². The van der Waals surface area contributed by atoms with Crippen LogP contribution in [0.15, 0.2) is 42.5 Å². The van der Waals surface area contributed by atoms with Gasteiger partial charge in [0.2, 0.25) is 0 Å². The van der Waals surface area contributed by atoms with Gasteiger partial charge in [-0.05, 0) is 48.9 Å². The summed E-state index contributed by atoms with van der Waals surface area (Å²) in [7, 11) is 3.16. The van der Waals surface area contributed by atoms with Gasteiger partial charge in [0.15, 0.2) is 18.1 Å². The second-order valence-corrected chi connectivity index (χ2v) is 5.16. The Labute approximate surface area is 147 Å². The molecule has 0 bridgehead atoms.